The largest absolute Gasteiger partial charge is 0.489 e. The zero-order chi connectivity index (χ0) is 27.3. The second-order valence-corrected chi connectivity index (χ2v) is 10.9. The van der Waals surface area contributed by atoms with E-state index in [2.05, 4.69) is 0 Å². The molecule has 0 unspecified atom stereocenters. The summed E-state index contributed by atoms with van der Waals surface area (Å²) in [6.07, 6.45) is -3.40. The maximum Gasteiger partial charge on any atom is 0.416 e. The molecule has 0 aromatic heterocycles. The van der Waals surface area contributed by atoms with Crippen LogP contribution in [0.4, 0.5) is 24.5 Å². The van der Waals surface area contributed by atoms with Gasteiger partial charge in [0, 0.05) is 31.9 Å². The van der Waals surface area contributed by atoms with Gasteiger partial charge in [0.1, 0.15) is 18.9 Å². The summed E-state index contributed by atoms with van der Waals surface area (Å²) in [7, 11) is -3.76. The molecule has 1 amide bonds. The Morgan fingerprint density at radius 1 is 0.921 bits per heavy atom. The molecule has 0 spiro atoms. The predicted octanol–water partition coefficient (Wildman–Crippen LogP) is 4.40. The second kappa shape index (κ2) is 11.3. The number of piperazine rings is 1. The molecular formula is C27H28F3N3O4S. The van der Waals surface area contributed by atoms with Gasteiger partial charge in [-0.1, -0.05) is 36.4 Å². The van der Waals surface area contributed by atoms with E-state index in [1.165, 1.54) is 11.0 Å². The number of rotatable bonds is 8. The lowest BCUT2D eigenvalue weighted by atomic mass is 10.1. The second-order valence-electron chi connectivity index (χ2n) is 8.95. The van der Waals surface area contributed by atoms with Crippen LogP contribution in [0, 0.1) is 0 Å². The minimum Gasteiger partial charge on any atom is -0.489 e. The molecule has 7 nitrogen and oxygen atoms in total. The summed E-state index contributed by atoms with van der Waals surface area (Å²) in [5, 5.41) is 0. The number of amides is 1. The fourth-order valence-corrected chi connectivity index (χ4v) is 5.02. The van der Waals surface area contributed by atoms with E-state index in [1.807, 2.05) is 30.3 Å². The van der Waals surface area contributed by atoms with E-state index in [4.69, 9.17) is 4.74 Å². The normalized spacial score (nSPS) is 14.3. The highest BCUT2D eigenvalue weighted by atomic mass is 32.2. The summed E-state index contributed by atoms with van der Waals surface area (Å²) in [5.74, 6) is 0.173. The molecule has 11 heteroatoms. The van der Waals surface area contributed by atoms with Crippen LogP contribution in [-0.4, -0.2) is 58.2 Å². The van der Waals surface area contributed by atoms with E-state index in [0.29, 0.717) is 36.8 Å². The lowest BCUT2D eigenvalue weighted by Gasteiger charge is -2.37. The molecule has 0 N–H and O–H groups in total. The molecule has 3 aromatic carbocycles. The summed E-state index contributed by atoms with van der Waals surface area (Å²) in [5.41, 5.74) is 1.02. The first kappa shape index (κ1) is 27.3. The Morgan fingerprint density at radius 2 is 1.58 bits per heavy atom. The molecule has 38 heavy (non-hydrogen) atoms. The van der Waals surface area contributed by atoms with Crippen molar-refractivity contribution in [2.24, 2.45) is 0 Å². The third-order valence-electron chi connectivity index (χ3n) is 6.22. The van der Waals surface area contributed by atoms with Crippen molar-refractivity contribution in [3.63, 3.8) is 0 Å². The van der Waals surface area contributed by atoms with Gasteiger partial charge in [0.15, 0.2) is 0 Å². The van der Waals surface area contributed by atoms with Gasteiger partial charge in [-0.15, -0.1) is 0 Å². The first-order chi connectivity index (χ1) is 18.0. The number of hydrogen-bond acceptors (Lipinski definition) is 5. The van der Waals surface area contributed by atoms with E-state index in [9.17, 15) is 26.4 Å². The summed E-state index contributed by atoms with van der Waals surface area (Å²) in [4.78, 5) is 16.3. The number of alkyl halides is 3. The fraction of sp³-hybridized carbons (Fsp3) is 0.296. The fourth-order valence-electron chi connectivity index (χ4n) is 4.17. The van der Waals surface area contributed by atoms with Crippen LogP contribution in [0.25, 0.3) is 0 Å². The quantitative estimate of drug-likeness (QED) is 0.418. The van der Waals surface area contributed by atoms with Gasteiger partial charge in [-0.2, -0.15) is 13.2 Å². The van der Waals surface area contributed by atoms with Crippen molar-refractivity contribution in [3.05, 3.63) is 90.0 Å². The first-order valence-corrected chi connectivity index (χ1v) is 13.8. The van der Waals surface area contributed by atoms with E-state index in [1.54, 1.807) is 35.2 Å². The highest BCUT2D eigenvalue weighted by Crippen LogP contribution is 2.32. The highest BCUT2D eigenvalue weighted by molar-refractivity contribution is 7.92. The van der Waals surface area contributed by atoms with E-state index < -0.39 is 21.8 Å². The number of ether oxygens (including phenoxy) is 1. The van der Waals surface area contributed by atoms with Gasteiger partial charge < -0.3 is 14.5 Å². The first-order valence-electron chi connectivity index (χ1n) is 12.0. The van der Waals surface area contributed by atoms with Crippen LogP contribution in [0.1, 0.15) is 11.1 Å². The Balaban J connectivity index is 1.37. The maximum atomic E-state index is 13.1. The summed E-state index contributed by atoms with van der Waals surface area (Å²) in [6, 6.07) is 21.1. The van der Waals surface area contributed by atoms with Gasteiger partial charge in [0.25, 0.3) is 0 Å². The number of benzene rings is 3. The minimum absolute atomic E-state index is 0.263. The SMILES string of the molecule is CS(=O)(=O)N(CC(=O)N1CCN(c2cccc(C(F)(F)F)c2)CC1)c1ccc(OCc2ccccc2)cc1. The molecular weight excluding hydrogens is 519 g/mol. The van der Waals surface area contributed by atoms with E-state index >= 15 is 0 Å². The molecule has 0 saturated carbocycles. The van der Waals surface area contributed by atoms with Crippen molar-refractivity contribution < 1.29 is 31.1 Å². The molecule has 4 rings (SSSR count). The zero-order valence-electron chi connectivity index (χ0n) is 20.8. The van der Waals surface area contributed by atoms with Crippen LogP contribution < -0.4 is 13.9 Å². The van der Waals surface area contributed by atoms with Crippen molar-refractivity contribution in [3.8, 4) is 5.75 Å². The number of halogens is 3. The van der Waals surface area contributed by atoms with Crippen molar-refractivity contribution in [1.82, 2.24) is 4.90 Å². The Labute approximate surface area is 220 Å². The molecule has 0 aliphatic carbocycles. The van der Waals surface area contributed by atoms with Crippen LogP contribution in [0.5, 0.6) is 5.75 Å². The van der Waals surface area contributed by atoms with E-state index in [-0.39, 0.29) is 25.5 Å². The van der Waals surface area contributed by atoms with Crippen LogP contribution >= 0.6 is 0 Å². The van der Waals surface area contributed by atoms with Crippen LogP contribution in [-0.2, 0) is 27.6 Å². The monoisotopic (exact) mass is 547 g/mol. The number of carbonyl (C=O) groups is 1. The van der Waals surface area contributed by atoms with Crippen molar-refractivity contribution >= 4 is 27.3 Å². The highest BCUT2D eigenvalue weighted by Gasteiger charge is 2.31. The summed E-state index contributed by atoms with van der Waals surface area (Å²) < 4.78 is 71.0. The lowest BCUT2D eigenvalue weighted by Crippen LogP contribution is -2.52. The molecule has 0 radical (unpaired) electrons. The Hall–Kier alpha value is -3.73. The predicted molar refractivity (Wildman–Crippen MR) is 140 cm³/mol. The molecule has 1 fully saturated rings. The standard InChI is InChI=1S/C27H28F3N3O4S/c1-38(35,36)33(23-10-12-25(13-11-23)37-20-21-6-3-2-4-7-21)19-26(34)32-16-14-31(15-17-32)24-9-5-8-22(18-24)27(28,29)30/h2-13,18H,14-17,19-20H2,1H3. The average molecular weight is 548 g/mol. The molecule has 3 aromatic rings. The van der Waals surface area contributed by atoms with Gasteiger partial charge in [-0.3, -0.25) is 9.10 Å². The van der Waals surface area contributed by atoms with Gasteiger partial charge in [-0.05, 0) is 48.0 Å². The minimum atomic E-state index is -4.44. The summed E-state index contributed by atoms with van der Waals surface area (Å²) >= 11 is 0. The Bertz CT molecular complexity index is 1340. The Morgan fingerprint density at radius 3 is 2.18 bits per heavy atom. The molecule has 1 aliphatic heterocycles. The van der Waals surface area contributed by atoms with Crippen molar-refractivity contribution in [1.29, 1.82) is 0 Å². The Kier molecular flexibility index (Phi) is 8.15. The lowest BCUT2D eigenvalue weighted by molar-refractivity contribution is -0.137. The maximum absolute atomic E-state index is 13.1. The number of carbonyl (C=O) groups excluding carboxylic acids is 1. The molecule has 1 heterocycles. The van der Waals surface area contributed by atoms with Crippen LogP contribution in [0.3, 0.4) is 0 Å². The van der Waals surface area contributed by atoms with E-state index in [0.717, 1.165) is 28.3 Å². The van der Waals surface area contributed by atoms with Crippen LogP contribution in [0.15, 0.2) is 78.9 Å². The molecule has 0 bridgehead atoms. The molecule has 0 atom stereocenters. The third-order valence-corrected chi connectivity index (χ3v) is 7.36. The number of nitrogens with zero attached hydrogens (tertiary/aromatic N) is 3. The zero-order valence-corrected chi connectivity index (χ0v) is 21.6. The van der Waals surface area contributed by atoms with Gasteiger partial charge >= 0.3 is 6.18 Å². The van der Waals surface area contributed by atoms with Gasteiger partial charge in [0.05, 0.1) is 17.5 Å². The third kappa shape index (κ3) is 6.97. The van der Waals surface area contributed by atoms with Crippen molar-refractivity contribution in [2.75, 3.05) is 48.2 Å². The number of anilines is 2. The molecule has 1 saturated heterocycles. The summed E-state index contributed by atoms with van der Waals surface area (Å²) in [6.45, 7) is 1.17. The molecule has 202 valence electrons. The number of hydrogen-bond donors (Lipinski definition) is 0. The van der Waals surface area contributed by atoms with Crippen molar-refractivity contribution in [2.45, 2.75) is 12.8 Å². The number of sulfonamides is 1. The molecule has 1 aliphatic rings. The smallest absolute Gasteiger partial charge is 0.416 e. The topological polar surface area (TPSA) is 70.2 Å². The average Bonchev–Trinajstić information content (AvgIpc) is 2.90. The van der Waals surface area contributed by atoms with Gasteiger partial charge in [0.2, 0.25) is 15.9 Å². The van der Waals surface area contributed by atoms with Gasteiger partial charge in [-0.25, -0.2) is 8.42 Å². The van der Waals surface area contributed by atoms with Crippen LogP contribution in [0.2, 0.25) is 0 Å².